The summed E-state index contributed by atoms with van der Waals surface area (Å²) in [6.07, 6.45) is 4.52. The van der Waals surface area contributed by atoms with E-state index in [1.165, 1.54) is 20.0 Å². The number of rotatable bonds is 3. The fraction of sp³-hybridized carbons (Fsp3) is 0.318. The largest absolute Gasteiger partial charge is 0.465 e. The summed E-state index contributed by atoms with van der Waals surface area (Å²) < 4.78 is 6.50. The van der Waals surface area contributed by atoms with Gasteiger partial charge in [-0.15, -0.1) is 0 Å². The van der Waals surface area contributed by atoms with Crippen molar-refractivity contribution in [3.63, 3.8) is 0 Å². The highest BCUT2D eigenvalue weighted by molar-refractivity contribution is 5.94. The third kappa shape index (κ3) is 3.38. The van der Waals surface area contributed by atoms with Gasteiger partial charge in [-0.05, 0) is 43.2 Å². The molecule has 6 nitrogen and oxygen atoms in total. The smallest absolute Gasteiger partial charge is 0.337 e. The van der Waals surface area contributed by atoms with E-state index >= 15 is 0 Å². The maximum absolute atomic E-state index is 13.4. The standard InChI is InChI=1S/C22H23N3O3/c1-28-21(27)16-11-12-18-19(15-16)23-22(24-13-7-2-3-8-14-24)25(20(18)26)17-9-5-4-6-10-17/h4-6,9-12,15H,2-3,7-8,13-14H2,1H3. The lowest BCUT2D eigenvalue weighted by atomic mass is 10.1. The van der Waals surface area contributed by atoms with Crippen LogP contribution in [0.25, 0.3) is 16.6 Å². The number of para-hydroxylation sites is 1. The van der Waals surface area contributed by atoms with E-state index in [-0.39, 0.29) is 5.56 Å². The number of nitrogens with zero attached hydrogens (tertiary/aromatic N) is 3. The minimum Gasteiger partial charge on any atom is -0.465 e. The van der Waals surface area contributed by atoms with Crippen LogP contribution >= 0.6 is 0 Å². The van der Waals surface area contributed by atoms with Gasteiger partial charge in [-0.25, -0.2) is 14.3 Å². The summed E-state index contributed by atoms with van der Waals surface area (Å²) in [6.45, 7) is 1.73. The number of carbonyl (C=O) groups excluding carboxylic acids is 1. The van der Waals surface area contributed by atoms with E-state index in [2.05, 4.69) is 4.90 Å². The molecule has 1 aliphatic heterocycles. The highest BCUT2D eigenvalue weighted by atomic mass is 16.5. The highest BCUT2D eigenvalue weighted by Crippen LogP contribution is 2.23. The lowest BCUT2D eigenvalue weighted by Crippen LogP contribution is -2.33. The minimum atomic E-state index is -0.438. The van der Waals surface area contributed by atoms with Crippen molar-refractivity contribution in [1.82, 2.24) is 9.55 Å². The second-order valence-corrected chi connectivity index (χ2v) is 7.01. The molecule has 28 heavy (non-hydrogen) atoms. The molecule has 1 aromatic heterocycles. The van der Waals surface area contributed by atoms with Crippen LogP contribution in [0.5, 0.6) is 0 Å². The van der Waals surface area contributed by atoms with Gasteiger partial charge in [-0.2, -0.15) is 0 Å². The monoisotopic (exact) mass is 377 g/mol. The van der Waals surface area contributed by atoms with Crippen LogP contribution in [0.3, 0.4) is 0 Å². The molecule has 0 amide bonds. The molecule has 0 unspecified atom stereocenters. The maximum Gasteiger partial charge on any atom is 0.337 e. The van der Waals surface area contributed by atoms with Crippen molar-refractivity contribution in [1.29, 1.82) is 0 Å². The molecule has 1 saturated heterocycles. The number of aromatic nitrogens is 2. The normalized spacial score (nSPS) is 14.7. The van der Waals surface area contributed by atoms with Gasteiger partial charge in [0.2, 0.25) is 5.95 Å². The van der Waals surface area contributed by atoms with Crippen molar-refractivity contribution in [2.75, 3.05) is 25.1 Å². The van der Waals surface area contributed by atoms with Gasteiger partial charge >= 0.3 is 5.97 Å². The van der Waals surface area contributed by atoms with E-state index < -0.39 is 5.97 Å². The van der Waals surface area contributed by atoms with E-state index in [1.54, 1.807) is 22.8 Å². The fourth-order valence-corrected chi connectivity index (χ4v) is 3.71. The number of fused-ring (bicyclic) bond motifs is 1. The van der Waals surface area contributed by atoms with Gasteiger partial charge in [0.25, 0.3) is 5.56 Å². The Morgan fingerprint density at radius 3 is 2.39 bits per heavy atom. The first-order valence-electron chi connectivity index (χ1n) is 9.64. The van der Waals surface area contributed by atoms with Crippen molar-refractivity contribution in [3.8, 4) is 5.69 Å². The zero-order valence-electron chi connectivity index (χ0n) is 15.9. The number of carbonyl (C=O) groups is 1. The summed E-state index contributed by atoms with van der Waals surface area (Å²) in [5, 5.41) is 0.482. The Morgan fingerprint density at radius 1 is 1.00 bits per heavy atom. The van der Waals surface area contributed by atoms with Crippen molar-refractivity contribution in [3.05, 3.63) is 64.4 Å². The van der Waals surface area contributed by atoms with E-state index in [4.69, 9.17) is 9.72 Å². The van der Waals surface area contributed by atoms with Crippen molar-refractivity contribution in [2.24, 2.45) is 0 Å². The van der Waals surface area contributed by atoms with Crippen molar-refractivity contribution < 1.29 is 9.53 Å². The Hall–Kier alpha value is -3.15. The number of esters is 1. The molecule has 3 aromatic rings. The zero-order valence-corrected chi connectivity index (χ0v) is 15.9. The van der Waals surface area contributed by atoms with Crippen LogP contribution < -0.4 is 10.5 Å². The van der Waals surface area contributed by atoms with Crippen LogP contribution in [-0.2, 0) is 4.74 Å². The number of hydrogen-bond donors (Lipinski definition) is 0. The van der Waals surface area contributed by atoms with Crippen molar-refractivity contribution >= 4 is 22.8 Å². The van der Waals surface area contributed by atoms with E-state index in [9.17, 15) is 9.59 Å². The Bertz CT molecular complexity index is 1050. The molecule has 0 bridgehead atoms. The molecule has 0 spiro atoms. The van der Waals surface area contributed by atoms with Gasteiger partial charge in [0.15, 0.2) is 0 Å². The first kappa shape index (κ1) is 18.2. The molecular weight excluding hydrogens is 354 g/mol. The van der Waals surface area contributed by atoms with Crippen molar-refractivity contribution in [2.45, 2.75) is 25.7 Å². The number of hydrogen-bond acceptors (Lipinski definition) is 5. The number of ether oxygens (including phenoxy) is 1. The SMILES string of the molecule is COC(=O)c1ccc2c(=O)n(-c3ccccc3)c(N3CCCCCC3)nc2c1. The van der Waals surface area contributed by atoms with Crippen LogP contribution in [0.1, 0.15) is 36.0 Å². The lowest BCUT2D eigenvalue weighted by molar-refractivity contribution is 0.0601. The van der Waals surface area contributed by atoms with E-state index in [0.717, 1.165) is 31.6 Å². The summed E-state index contributed by atoms with van der Waals surface area (Å²) in [4.78, 5) is 32.4. The van der Waals surface area contributed by atoms with Gasteiger partial charge in [0, 0.05) is 13.1 Å². The molecule has 6 heteroatoms. The maximum atomic E-state index is 13.4. The van der Waals surface area contributed by atoms with Gasteiger partial charge in [-0.1, -0.05) is 31.0 Å². The summed E-state index contributed by atoms with van der Waals surface area (Å²) >= 11 is 0. The molecule has 1 fully saturated rings. The minimum absolute atomic E-state index is 0.133. The van der Waals surface area contributed by atoms with Gasteiger partial charge in [0.1, 0.15) is 0 Å². The predicted octanol–water partition coefficient (Wildman–Crippen LogP) is 3.55. The van der Waals surface area contributed by atoms with Crippen LogP contribution in [-0.4, -0.2) is 35.7 Å². The molecule has 0 radical (unpaired) electrons. The lowest BCUT2D eigenvalue weighted by Gasteiger charge is -2.25. The topological polar surface area (TPSA) is 64.4 Å². The molecule has 0 aliphatic carbocycles. The van der Waals surface area contributed by atoms with Crippen LogP contribution in [0.15, 0.2) is 53.3 Å². The number of anilines is 1. The molecule has 0 N–H and O–H groups in total. The second-order valence-electron chi connectivity index (χ2n) is 7.01. The predicted molar refractivity (Wildman–Crippen MR) is 109 cm³/mol. The third-order valence-corrected chi connectivity index (χ3v) is 5.18. The summed E-state index contributed by atoms with van der Waals surface area (Å²) in [5.74, 6) is 0.194. The Kier molecular flexibility index (Phi) is 5.10. The fourth-order valence-electron chi connectivity index (χ4n) is 3.71. The summed E-state index contributed by atoms with van der Waals surface area (Å²) in [7, 11) is 1.34. The molecule has 2 aromatic carbocycles. The van der Waals surface area contributed by atoms with Crippen LogP contribution in [0.2, 0.25) is 0 Å². The molecule has 1 aliphatic rings. The average molecular weight is 377 g/mol. The highest BCUT2D eigenvalue weighted by Gasteiger charge is 2.20. The first-order chi connectivity index (χ1) is 13.7. The van der Waals surface area contributed by atoms with E-state index in [1.807, 2.05) is 30.3 Å². The zero-order chi connectivity index (χ0) is 19.5. The van der Waals surface area contributed by atoms with Crippen LogP contribution in [0.4, 0.5) is 5.95 Å². The summed E-state index contributed by atoms with van der Waals surface area (Å²) in [5.41, 5.74) is 1.56. The van der Waals surface area contributed by atoms with E-state index in [0.29, 0.717) is 22.4 Å². The Balaban J connectivity index is 1.96. The molecule has 0 atom stereocenters. The summed E-state index contributed by atoms with van der Waals surface area (Å²) in [6, 6.07) is 14.5. The quantitative estimate of drug-likeness (QED) is 0.653. The molecule has 4 rings (SSSR count). The van der Waals surface area contributed by atoms with Crippen LogP contribution in [0, 0.1) is 0 Å². The Morgan fingerprint density at radius 2 is 1.71 bits per heavy atom. The third-order valence-electron chi connectivity index (χ3n) is 5.18. The molecular formula is C22H23N3O3. The average Bonchev–Trinajstić information content (AvgIpc) is 3.03. The van der Waals surface area contributed by atoms with Gasteiger partial charge in [0.05, 0.1) is 29.3 Å². The molecule has 2 heterocycles. The van der Waals surface area contributed by atoms with Gasteiger partial charge in [-0.3, -0.25) is 4.79 Å². The number of benzene rings is 2. The molecule has 144 valence electrons. The first-order valence-corrected chi connectivity index (χ1v) is 9.64. The van der Waals surface area contributed by atoms with Gasteiger partial charge < -0.3 is 9.64 Å². The second kappa shape index (κ2) is 7.84. The Labute approximate surface area is 163 Å². The number of methoxy groups -OCH3 is 1. The molecule has 0 saturated carbocycles.